The Morgan fingerprint density at radius 2 is 2.22 bits per heavy atom. The van der Waals surface area contributed by atoms with Crippen LogP contribution in [-0.2, 0) is 13.6 Å². The molecule has 0 radical (unpaired) electrons. The average molecular weight is 244 g/mol. The number of hydrogen-bond acceptors (Lipinski definition) is 3. The molecule has 1 aliphatic rings. The lowest BCUT2D eigenvalue weighted by atomic mass is 10.3. The van der Waals surface area contributed by atoms with Crippen molar-refractivity contribution >= 4 is 5.82 Å². The Balaban J connectivity index is 0.000000492. The van der Waals surface area contributed by atoms with Gasteiger partial charge in [-0.1, -0.05) is 12.2 Å². The number of nitrogens with one attached hydrogen (secondary N) is 2. The number of rotatable bonds is 1. The summed E-state index contributed by atoms with van der Waals surface area (Å²) >= 11 is 0. The van der Waals surface area contributed by atoms with E-state index in [1.54, 1.807) is 6.92 Å². The van der Waals surface area contributed by atoms with Crippen molar-refractivity contribution in [3.63, 3.8) is 0 Å². The molecule has 2 rings (SSSR count). The molecule has 0 spiro atoms. The number of aryl methyl sites for hydroxylation is 1. The quantitative estimate of drug-likeness (QED) is 0.743. The molecule has 1 aromatic rings. The topological polar surface area (TPSA) is 41.9 Å². The van der Waals surface area contributed by atoms with E-state index in [1.807, 2.05) is 37.0 Å². The summed E-state index contributed by atoms with van der Waals surface area (Å²) in [6.07, 6.45) is 12.6. The van der Waals surface area contributed by atoms with E-state index in [1.165, 1.54) is 5.56 Å². The van der Waals surface area contributed by atoms with Gasteiger partial charge in [-0.3, -0.25) is 4.68 Å². The van der Waals surface area contributed by atoms with Crippen molar-refractivity contribution in [2.45, 2.75) is 20.4 Å². The van der Waals surface area contributed by atoms with Crippen molar-refractivity contribution in [2.75, 3.05) is 11.9 Å². The van der Waals surface area contributed by atoms with Crippen LogP contribution in [0.1, 0.15) is 19.4 Å². The van der Waals surface area contributed by atoms with Crippen LogP contribution in [0.3, 0.4) is 0 Å². The average Bonchev–Trinajstić information content (AvgIpc) is 2.60. The summed E-state index contributed by atoms with van der Waals surface area (Å²) in [6, 6.07) is 0. The van der Waals surface area contributed by atoms with Crippen molar-refractivity contribution in [3.05, 3.63) is 35.7 Å². The molecule has 1 aliphatic heterocycles. The monoisotopic (exact) mass is 244 g/mol. The molecule has 18 heavy (non-hydrogen) atoms. The fraction of sp³-hybridized carbons (Fsp3) is 0.357. The fourth-order valence-electron chi connectivity index (χ4n) is 1.61. The third kappa shape index (κ3) is 3.79. The molecule has 2 heterocycles. The van der Waals surface area contributed by atoms with E-state index in [9.17, 15) is 0 Å². The van der Waals surface area contributed by atoms with Gasteiger partial charge in [-0.25, -0.2) is 0 Å². The molecule has 0 aliphatic carbocycles. The van der Waals surface area contributed by atoms with Gasteiger partial charge in [-0.2, -0.15) is 5.10 Å². The van der Waals surface area contributed by atoms with Crippen LogP contribution in [0, 0.1) is 12.3 Å². The molecule has 0 bridgehead atoms. The van der Waals surface area contributed by atoms with Gasteiger partial charge in [0, 0.05) is 31.4 Å². The Morgan fingerprint density at radius 1 is 1.50 bits per heavy atom. The van der Waals surface area contributed by atoms with Gasteiger partial charge in [0.25, 0.3) is 0 Å². The molecule has 0 aromatic carbocycles. The standard InChI is InChI=1S/C11H16N4.C3H4/c1-3-4-5-10-8-12-6-9-7-13-15(2)11(9)14-10;1-3-2/h3-5,7,12,14H,6,8H2,1-2H3;1H,2H3/b4-3-,10-5+;. The minimum Gasteiger partial charge on any atom is -0.343 e. The highest BCUT2D eigenvalue weighted by Gasteiger charge is 2.12. The smallest absolute Gasteiger partial charge is 0.132 e. The van der Waals surface area contributed by atoms with Gasteiger partial charge in [0.2, 0.25) is 0 Å². The van der Waals surface area contributed by atoms with Gasteiger partial charge in [-0.05, 0) is 19.9 Å². The molecular weight excluding hydrogens is 224 g/mol. The van der Waals surface area contributed by atoms with E-state index in [2.05, 4.69) is 34.2 Å². The maximum Gasteiger partial charge on any atom is 0.132 e. The minimum absolute atomic E-state index is 0.860. The van der Waals surface area contributed by atoms with Crippen LogP contribution in [-0.4, -0.2) is 16.3 Å². The van der Waals surface area contributed by atoms with Gasteiger partial charge in [0.05, 0.1) is 6.20 Å². The van der Waals surface area contributed by atoms with Crippen LogP contribution >= 0.6 is 0 Å². The first-order valence-electron chi connectivity index (χ1n) is 5.90. The second-order valence-corrected chi connectivity index (χ2v) is 3.88. The number of aromatic nitrogens is 2. The molecular formula is C14H20N4. The van der Waals surface area contributed by atoms with Crippen molar-refractivity contribution in [3.8, 4) is 12.3 Å². The molecule has 4 nitrogen and oxygen atoms in total. The van der Waals surface area contributed by atoms with Crippen LogP contribution in [0.4, 0.5) is 5.82 Å². The van der Waals surface area contributed by atoms with Crippen LogP contribution in [0.15, 0.2) is 30.1 Å². The molecule has 0 fully saturated rings. The summed E-state index contributed by atoms with van der Waals surface area (Å²) in [5.41, 5.74) is 2.37. The Bertz CT molecular complexity index is 474. The summed E-state index contributed by atoms with van der Waals surface area (Å²) in [5.74, 6) is 3.33. The van der Waals surface area contributed by atoms with Crippen molar-refractivity contribution < 1.29 is 0 Å². The van der Waals surface area contributed by atoms with Crippen molar-refractivity contribution in [1.29, 1.82) is 0 Å². The number of hydrogen-bond donors (Lipinski definition) is 2. The molecule has 0 amide bonds. The lowest BCUT2D eigenvalue weighted by molar-refractivity contribution is 0.752. The van der Waals surface area contributed by atoms with Crippen molar-refractivity contribution in [1.82, 2.24) is 15.1 Å². The Hall–Kier alpha value is -1.99. The van der Waals surface area contributed by atoms with Gasteiger partial charge in [0.1, 0.15) is 5.82 Å². The number of terminal acetylenes is 1. The van der Waals surface area contributed by atoms with E-state index < -0.39 is 0 Å². The normalized spacial score (nSPS) is 16.2. The highest BCUT2D eigenvalue weighted by atomic mass is 15.3. The predicted octanol–water partition coefficient (Wildman–Crippen LogP) is 2.03. The molecule has 4 heteroatoms. The van der Waals surface area contributed by atoms with Gasteiger partial charge < -0.3 is 10.6 Å². The van der Waals surface area contributed by atoms with Gasteiger partial charge in [-0.15, -0.1) is 12.3 Å². The number of nitrogens with zero attached hydrogens (tertiary/aromatic N) is 2. The predicted molar refractivity (Wildman–Crippen MR) is 75.9 cm³/mol. The Morgan fingerprint density at radius 3 is 2.89 bits per heavy atom. The molecule has 0 saturated carbocycles. The summed E-state index contributed by atoms with van der Waals surface area (Å²) < 4.78 is 1.87. The second kappa shape index (κ2) is 7.36. The van der Waals surface area contributed by atoms with Crippen LogP contribution in [0.25, 0.3) is 0 Å². The first-order chi connectivity index (χ1) is 8.72. The summed E-state index contributed by atoms with van der Waals surface area (Å²) in [5, 5.41) is 11.0. The molecule has 1 aromatic heterocycles. The Kier molecular flexibility index (Phi) is 5.75. The highest BCUT2D eigenvalue weighted by Crippen LogP contribution is 2.18. The molecule has 2 N–H and O–H groups in total. The Labute approximate surface area is 109 Å². The summed E-state index contributed by atoms with van der Waals surface area (Å²) in [7, 11) is 1.95. The SMILES string of the molecule is C#CC.C/C=C\C=C1/CNCc2cnn(C)c2N1. The third-order valence-corrected chi connectivity index (χ3v) is 2.41. The van der Waals surface area contributed by atoms with Crippen LogP contribution < -0.4 is 10.6 Å². The summed E-state index contributed by atoms with van der Waals surface area (Å²) in [4.78, 5) is 0. The maximum atomic E-state index is 4.60. The minimum atomic E-state index is 0.860. The van der Waals surface area contributed by atoms with Crippen molar-refractivity contribution in [2.24, 2.45) is 7.05 Å². The van der Waals surface area contributed by atoms with E-state index in [4.69, 9.17) is 0 Å². The zero-order chi connectivity index (χ0) is 13.4. The van der Waals surface area contributed by atoms with Gasteiger partial charge >= 0.3 is 0 Å². The molecule has 0 saturated heterocycles. The van der Waals surface area contributed by atoms with E-state index in [-0.39, 0.29) is 0 Å². The largest absolute Gasteiger partial charge is 0.343 e. The van der Waals surface area contributed by atoms with Crippen LogP contribution in [0.2, 0.25) is 0 Å². The lowest BCUT2D eigenvalue weighted by Gasteiger charge is -2.07. The molecule has 96 valence electrons. The lowest BCUT2D eigenvalue weighted by Crippen LogP contribution is -2.16. The molecule has 0 unspecified atom stereocenters. The van der Waals surface area contributed by atoms with Crippen LogP contribution in [0.5, 0.6) is 0 Å². The maximum absolute atomic E-state index is 4.60. The fourth-order valence-corrected chi connectivity index (χ4v) is 1.61. The van der Waals surface area contributed by atoms with E-state index in [0.29, 0.717) is 0 Å². The number of fused-ring (bicyclic) bond motifs is 1. The second-order valence-electron chi connectivity index (χ2n) is 3.88. The van der Waals surface area contributed by atoms with Gasteiger partial charge in [0.15, 0.2) is 0 Å². The number of allylic oxidation sites excluding steroid dienone is 3. The third-order valence-electron chi connectivity index (χ3n) is 2.41. The van der Waals surface area contributed by atoms with E-state index >= 15 is 0 Å². The molecule has 0 atom stereocenters. The first-order valence-corrected chi connectivity index (χ1v) is 5.90. The number of anilines is 1. The zero-order valence-corrected chi connectivity index (χ0v) is 11.2. The zero-order valence-electron chi connectivity index (χ0n) is 11.2. The van der Waals surface area contributed by atoms with E-state index in [0.717, 1.165) is 24.6 Å². The first kappa shape index (κ1) is 14.1. The summed E-state index contributed by atoms with van der Waals surface area (Å²) in [6.45, 7) is 5.39. The highest BCUT2D eigenvalue weighted by molar-refractivity contribution is 5.50.